The van der Waals surface area contributed by atoms with Crippen LogP contribution in [0.1, 0.15) is 48.0 Å². The fraction of sp³-hybridized carbons (Fsp3) is 0.562. The molecule has 0 aromatic heterocycles. The van der Waals surface area contributed by atoms with E-state index in [1.54, 1.807) is 0 Å². The van der Waals surface area contributed by atoms with Crippen LogP contribution in [-0.4, -0.2) is 12.7 Å². The summed E-state index contributed by atoms with van der Waals surface area (Å²) in [6.45, 7) is 12.6. The first-order valence-corrected chi connectivity index (χ1v) is 7.21. The Labute approximate surface area is 118 Å². The Balaban J connectivity index is 0. The number of benzene rings is 1. The van der Waals surface area contributed by atoms with Crippen LogP contribution in [0.2, 0.25) is 0 Å². The van der Waals surface area contributed by atoms with E-state index in [4.69, 9.17) is 4.74 Å². The molecule has 3 heteroatoms. The van der Waals surface area contributed by atoms with Gasteiger partial charge in [0, 0.05) is 5.69 Å². The molecule has 0 aliphatic heterocycles. The number of amides is 1. The molecule has 1 aromatic carbocycles. The Morgan fingerprint density at radius 3 is 2.16 bits per heavy atom. The molecule has 0 radical (unpaired) electrons. The van der Waals surface area contributed by atoms with Crippen LogP contribution in [0.25, 0.3) is 0 Å². The second-order valence-corrected chi connectivity index (χ2v) is 3.60. The SMILES string of the molecule is CC.CC.CCC(C)COC(=O)Nc1ccccc1. The van der Waals surface area contributed by atoms with E-state index in [0.717, 1.165) is 12.1 Å². The minimum atomic E-state index is -0.387. The fourth-order valence-corrected chi connectivity index (χ4v) is 1.01. The van der Waals surface area contributed by atoms with Gasteiger partial charge in [0.2, 0.25) is 0 Å². The molecule has 0 aliphatic rings. The zero-order valence-electron chi connectivity index (χ0n) is 13.2. The molecule has 0 aliphatic carbocycles. The van der Waals surface area contributed by atoms with E-state index in [2.05, 4.69) is 19.2 Å². The summed E-state index contributed by atoms with van der Waals surface area (Å²) in [5.41, 5.74) is 0.756. The van der Waals surface area contributed by atoms with Gasteiger partial charge in [-0.25, -0.2) is 4.79 Å². The van der Waals surface area contributed by atoms with Gasteiger partial charge >= 0.3 is 6.09 Å². The first-order valence-electron chi connectivity index (χ1n) is 7.21. The Morgan fingerprint density at radius 1 is 1.16 bits per heavy atom. The minimum absolute atomic E-state index is 0.387. The van der Waals surface area contributed by atoms with Crippen LogP contribution >= 0.6 is 0 Å². The first-order chi connectivity index (χ1) is 9.22. The lowest BCUT2D eigenvalue weighted by Crippen LogP contribution is -2.17. The average molecular weight is 267 g/mol. The zero-order chi connectivity index (χ0) is 15.1. The Bertz CT molecular complexity index is 299. The zero-order valence-corrected chi connectivity index (χ0v) is 13.2. The third kappa shape index (κ3) is 11.3. The number of rotatable bonds is 4. The van der Waals surface area contributed by atoms with Gasteiger partial charge in [0.1, 0.15) is 0 Å². The number of para-hydroxylation sites is 1. The fourth-order valence-electron chi connectivity index (χ4n) is 1.01. The van der Waals surface area contributed by atoms with Gasteiger partial charge in [-0.2, -0.15) is 0 Å². The molecule has 0 saturated heterocycles. The summed E-state index contributed by atoms with van der Waals surface area (Å²) in [5, 5.41) is 2.66. The topological polar surface area (TPSA) is 38.3 Å². The van der Waals surface area contributed by atoms with Crippen molar-refractivity contribution in [1.82, 2.24) is 0 Å². The Morgan fingerprint density at radius 2 is 1.68 bits per heavy atom. The maximum absolute atomic E-state index is 11.3. The summed E-state index contributed by atoms with van der Waals surface area (Å²) in [6, 6.07) is 9.28. The van der Waals surface area contributed by atoms with Crippen molar-refractivity contribution in [2.24, 2.45) is 5.92 Å². The van der Waals surface area contributed by atoms with Crippen molar-refractivity contribution >= 4 is 11.8 Å². The normalized spacial score (nSPS) is 10.0. The van der Waals surface area contributed by atoms with Crippen LogP contribution in [0.15, 0.2) is 30.3 Å². The van der Waals surface area contributed by atoms with E-state index in [-0.39, 0.29) is 6.09 Å². The molecule has 0 bridgehead atoms. The molecule has 1 N–H and O–H groups in total. The molecule has 19 heavy (non-hydrogen) atoms. The summed E-state index contributed by atoms with van der Waals surface area (Å²) in [7, 11) is 0. The van der Waals surface area contributed by atoms with E-state index in [1.165, 1.54) is 0 Å². The largest absolute Gasteiger partial charge is 0.449 e. The monoisotopic (exact) mass is 267 g/mol. The van der Waals surface area contributed by atoms with E-state index >= 15 is 0 Å². The van der Waals surface area contributed by atoms with Gasteiger partial charge in [0.05, 0.1) is 6.61 Å². The van der Waals surface area contributed by atoms with E-state index in [1.807, 2.05) is 58.0 Å². The van der Waals surface area contributed by atoms with Gasteiger partial charge in [-0.3, -0.25) is 5.32 Å². The molecule has 0 spiro atoms. The quantitative estimate of drug-likeness (QED) is 0.800. The second kappa shape index (κ2) is 14.6. The van der Waals surface area contributed by atoms with E-state index in [0.29, 0.717) is 12.5 Å². The lowest BCUT2D eigenvalue weighted by Gasteiger charge is -2.10. The molecule has 0 heterocycles. The molecule has 1 amide bonds. The molecule has 1 unspecified atom stereocenters. The number of carbonyl (C=O) groups is 1. The summed E-state index contributed by atoms with van der Waals surface area (Å²) in [5.74, 6) is 0.409. The maximum atomic E-state index is 11.3. The number of hydrogen-bond acceptors (Lipinski definition) is 2. The summed E-state index contributed by atoms with van der Waals surface area (Å²) in [4.78, 5) is 11.3. The van der Waals surface area contributed by atoms with Crippen LogP contribution in [-0.2, 0) is 4.74 Å². The van der Waals surface area contributed by atoms with Gasteiger partial charge in [-0.15, -0.1) is 0 Å². The number of carbonyl (C=O) groups excluding carboxylic acids is 1. The highest BCUT2D eigenvalue weighted by molar-refractivity contribution is 5.84. The predicted molar refractivity (Wildman–Crippen MR) is 83.6 cm³/mol. The second-order valence-electron chi connectivity index (χ2n) is 3.60. The number of nitrogens with one attached hydrogen (secondary N) is 1. The number of hydrogen-bond donors (Lipinski definition) is 1. The molecule has 3 nitrogen and oxygen atoms in total. The van der Waals surface area contributed by atoms with Gasteiger partial charge in [-0.05, 0) is 18.1 Å². The van der Waals surface area contributed by atoms with E-state index in [9.17, 15) is 4.79 Å². The third-order valence-electron chi connectivity index (χ3n) is 2.22. The Hall–Kier alpha value is -1.51. The van der Waals surface area contributed by atoms with Crippen LogP contribution in [0.3, 0.4) is 0 Å². The molecular formula is C16H29NO2. The first kappa shape index (κ1) is 19.8. The van der Waals surface area contributed by atoms with Crippen LogP contribution < -0.4 is 5.32 Å². The highest BCUT2D eigenvalue weighted by atomic mass is 16.5. The van der Waals surface area contributed by atoms with Crippen molar-refractivity contribution in [3.05, 3.63) is 30.3 Å². The standard InChI is InChI=1S/C12H17NO2.2C2H6/c1-3-10(2)9-15-12(14)13-11-7-5-4-6-8-11;2*1-2/h4-8,10H,3,9H2,1-2H3,(H,13,14);2*1-2H3. The third-order valence-corrected chi connectivity index (χ3v) is 2.22. The van der Waals surface area contributed by atoms with Gasteiger partial charge in [0.15, 0.2) is 0 Å². The van der Waals surface area contributed by atoms with Crippen molar-refractivity contribution in [2.45, 2.75) is 48.0 Å². The Kier molecular flexibility index (Phi) is 15.2. The average Bonchev–Trinajstić information content (AvgIpc) is 2.50. The maximum Gasteiger partial charge on any atom is 0.411 e. The lowest BCUT2D eigenvalue weighted by atomic mass is 10.1. The van der Waals surface area contributed by atoms with Crippen molar-refractivity contribution in [3.8, 4) is 0 Å². The molecule has 1 atom stereocenters. The van der Waals surface area contributed by atoms with Gasteiger partial charge < -0.3 is 4.74 Å². The van der Waals surface area contributed by atoms with Crippen LogP contribution in [0.4, 0.5) is 10.5 Å². The molecule has 0 saturated carbocycles. The van der Waals surface area contributed by atoms with Crippen LogP contribution in [0, 0.1) is 5.92 Å². The van der Waals surface area contributed by atoms with E-state index < -0.39 is 0 Å². The predicted octanol–water partition coefficient (Wildman–Crippen LogP) is 5.33. The van der Waals surface area contributed by atoms with Crippen molar-refractivity contribution < 1.29 is 9.53 Å². The van der Waals surface area contributed by atoms with Crippen molar-refractivity contribution in [2.75, 3.05) is 11.9 Å². The molecule has 1 aromatic rings. The molecule has 110 valence electrons. The summed E-state index contributed by atoms with van der Waals surface area (Å²) in [6.07, 6.45) is 0.625. The number of anilines is 1. The molecule has 0 fully saturated rings. The summed E-state index contributed by atoms with van der Waals surface area (Å²) >= 11 is 0. The molecule has 1 rings (SSSR count). The van der Waals surface area contributed by atoms with Crippen molar-refractivity contribution in [3.63, 3.8) is 0 Å². The smallest absolute Gasteiger partial charge is 0.411 e. The van der Waals surface area contributed by atoms with Crippen LogP contribution in [0.5, 0.6) is 0 Å². The van der Waals surface area contributed by atoms with Gasteiger partial charge in [0.25, 0.3) is 0 Å². The minimum Gasteiger partial charge on any atom is -0.449 e. The molecular weight excluding hydrogens is 238 g/mol. The lowest BCUT2D eigenvalue weighted by molar-refractivity contribution is 0.143. The highest BCUT2D eigenvalue weighted by Gasteiger charge is 2.05. The number of ether oxygens (including phenoxy) is 1. The van der Waals surface area contributed by atoms with Gasteiger partial charge in [-0.1, -0.05) is 66.2 Å². The summed E-state index contributed by atoms with van der Waals surface area (Å²) < 4.78 is 5.05. The van der Waals surface area contributed by atoms with Crippen molar-refractivity contribution in [1.29, 1.82) is 0 Å². The highest BCUT2D eigenvalue weighted by Crippen LogP contribution is 2.06.